The Hall–Kier alpha value is -2.61. The molecule has 0 aliphatic heterocycles. The van der Waals surface area contributed by atoms with Crippen LogP contribution in [0.5, 0.6) is 0 Å². The molecule has 0 amide bonds. The Labute approximate surface area is 124 Å². The molecule has 0 bridgehead atoms. The number of hydrogen-bond acceptors (Lipinski definition) is 1. The fourth-order valence-electron chi connectivity index (χ4n) is 2.53. The zero-order chi connectivity index (χ0) is 14.7. The largest absolute Gasteiger partial charge is 0.618 e. The van der Waals surface area contributed by atoms with Gasteiger partial charge in [0, 0.05) is 30.5 Å². The van der Waals surface area contributed by atoms with Gasteiger partial charge in [0.2, 0.25) is 5.69 Å². The van der Waals surface area contributed by atoms with Gasteiger partial charge in [-0.05, 0) is 23.8 Å². The molecule has 1 heterocycles. The first-order chi connectivity index (χ1) is 10.3. The van der Waals surface area contributed by atoms with Gasteiger partial charge in [-0.15, -0.1) is 0 Å². The minimum absolute atomic E-state index is 0.714. The van der Waals surface area contributed by atoms with Gasteiger partial charge in [0.15, 0.2) is 5.69 Å². The van der Waals surface area contributed by atoms with Crippen molar-refractivity contribution >= 4 is 0 Å². The number of aryl methyl sites for hydroxylation is 1. The molecule has 0 atom stereocenters. The van der Waals surface area contributed by atoms with Crippen LogP contribution in [0.2, 0.25) is 0 Å². The molecule has 3 rings (SSSR count). The van der Waals surface area contributed by atoms with E-state index in [2.05, 4.69) is 18.2 Å². The summed E-state index contributed by atoms with van der Waals surface area (Å²) in [7, 11) is 0. The monoisotopic (exact) mass is 275 g/mol. The van der Waals surface area contributed by atoms with Crippen molar-refractivity contribution in [3.05, 3.63) is 94.8 Å². The van der Waals surface area contributed by atoms with Gasteiger partial charge in [-0.1, -0.05) is 48.5 Å². The average molecular weight is 275 g/mol. The Morgan fingerprint density at radius 3 is 2.10 bits per heavy atom. The van der Waals surface area contributed by atoms with Crippen LogP contribution in [0.3, 0.4) is 0 Å². The number of aromatic nitrogens is 1. The lowest BCUT2D eigenvalue weighted by Crippen LogP contribution is -2.34. The van der Waals surface area contributed by atoms with Gasteiger partial charge >= 0.3 is 0 Å². The molecule has 1 aromatic heterocycles. The third-order valence-corrected chi connectivity index (χ3v) is 3.64. The molecule has 0 saturated heterocycles. The van der Waals surface area contributed by atoms with Crippen LogP contribution in [0, 0.1) is 12.1 Å². The summed E-state index contributed by atoms with van der Waals surface area (Å²) >= 11 is 0. The van der Waals surface area contributed by atoms with Crippen molar-refractivity contribution in [2.24, 2.45) is 0 Å². The highest BCUT2D eigenvalue weighted by molar-refractivity contribution is 5.61. The number of rotatable bonds is 3. The zero-order valence-corrected chi connectivity index (χ0v) is 12.0. The molecule has 0 radical (unpaired) electrons. The van der Waals surface area contributed by atoms with E-state index >= 15 is 0 Å². The van der Waals surface area contributed by atoms with Gasteiger partial charge in [0.05, 0.1) is 0 Å². The third kappa shape index (κ3) is 2.79. The van der Waals surface area contributed by atoms with Gasteiger partial charge in [-0.25, -0.2) is 0 Å². The summed E-state index contributed by atoms with van der Waals surface area (Å²) in [4.78, 5) is 0. The number of pyridine rings is 1. The van der Waals surface area contributed by atoms with Crippen LogP contribution >= 0.6 is 0 Å². The second-order valence-corrected chi connectivity index (χ2v) is 5.17. The molecule has 0 fully saturated rings. The topological polar surface area (TPSA) is 26.9 Å². The lowest BCUT2D eigenvalue weighted by atomic mass is 9.99. The summed E-state index contributed by atoms with van der Waals surface area (Å²) in [5.74, 6) is 0. The zero-order valence-electron chi connectivity index (χ0n) is 12.0. The highest BCUT2D eigenvalue weighted by Gasteiger charge is 2.17. The summed E-state index contributed by atoms with van der Waals surface area (Å²) in [5, 5.41) is 12.5. The van der Waals surface area contributed by atoms with Gasteiger partial charge in [-0.3, -0.25) is 0 Å². The fourth-order valence-corrected chi connectivity index (χ4v) is 2.53. The molecule has 0 spiro atoms. The van der Waals surface area contributed by atoms with E-state index in [1.54, 1.807) is 0 Å². The van der Waals surface area contributed by atoms with E-state index in [1.165, 1.54) is 5.56 Å². The molecule has 0 aliphatic rings. The Morgan fingerprint density at radius 2 is 1.43 bits per heavy atom. The molecule has 0 saturated carbocycles. The van der Waals surface area contributed by atoms with Crippen molar-refractivity contribution < 1.29 is 4.73 Å². The maximum Gasteiger partial charge on any atom is 0.227 e. The molecule has 2 heteroatoms. The van der Waals surface area contributed by atoms with Crippen LogP contribution in [0.25, 0.3) is 11.3 Å². The fraction of sp³-hybridized carbons (Fsp3) is 0.105. The van der Waals surface area contributed by atoms with Crippen LogP contribution in [-0.4, -0.2) is 0 Å². The van der Waals surface area contributed by atoms with Crippen LogP contribution in [0.1, 0.15) is 16.8 Å². The standard InChI is InChI=1S/C19H17NO/c1-15-12-13-18(14-16-8-4-2-5-9-16)19(20(15)21)17-10-6-3-7-11-17/h2-13H,14H2,1H3. The van der Waals surface area contributed by atoms with Crippen molar-refractivity contribution in [2.75, 3.05) is 0 Å². The van der Waals surface area contributed by atoms with Gasteiger partial charge in [-0.2, -0.15) is 4.73 Å². The maximum atomic E-state index is 12.5. The molecule has 0 aliphatic carbocycles. The Kier molecular flexibility index (Phi) is 3.69. The molecular weight excluding hydrogens is 258 g/mol. The van der Waals surface area contributed by atoms with Crippen molar-refractivity contribution in [3.8, 4) is 11.3 Å². The van der Waals surface area contributed by atoms with Crippen LogP contribution in [-0.2, 0) is 6.42 Å². The number of nitrogens with zero attached hydrogens (tertiary/aromatic N) is 1. The molecule has 21 heavy (non-hydrogen) atoms. The van der Waals surface area contributed by atoms with Gasteiger partial charge in [0.1, 0.15) is 0 Å². The second-order valence-electron chi connectivity index (χ2n) is 5.17. The number of benzene rings is 2. The SMILES string of the molecule is Cc1ccc(Cc2ccccc2)c(-c2ccccc2)[n+]1[O-]. The molecule has 2 aromatic carbocycles. The van der Waals surface area contributed by atoms with Crippen molar-refractivity contribution in [1.82, 2.24) is 0 Å². The molecule has 104 valence electrons. The van der Waals surface area contributed by atoms with E-state index in [0.29, 0.717) is 5.69 Å². The predicted octanol–water partition coefficient (Wildman–Crippen LogP) is 3.89. The minimum atomic E-state index is 0.714. The van der Waals surface area contributed by atoms with Crippen LogP contribution < -0.4 is 4.73 Å². The lowest BCUT2D eigenvalue weighted by molar-refractivity contribution is -0.601. The first kappa shape index (κ1) is 13.4. The first-order valence-electron chi connectivity index (χ1n) is 7.07. The average Bonchev–Trinajstić information content (AvgIpc) is 2.53. The maximum absolute atomic E-state index is 12.5. The van der Waals surface area contributed by atoms with Crippen LogP contribution in [0.15, 0.2) is 72.8 Å². The molecule has 0 N–H and O–H groups in total. The minimum Gasteiger partial charge on any atom is -0.618 e. The summed E-state index contributed by atoms with van der Waals surface area (Å²) in [5.41, 5.74) is 4.68. The lowest BCUT2D eigenvalue weighted by Gasteiger charge is -2.12. The van der Waals surface area contributed by atoms with E-state index < -0.39 is 0 Å². The Balaban J connectivity index is 2.11. The van der Waals surface area contributed by atoms with Crippen molar-refractivity contribution in [1.29, 1.82) is 0 Å². The first-order valence-corrected chi connectivity index (χ1v) is 7.07. The summed E-state index contributed by atoms with van der Waals surface area (Å²) in [6.07, 6.45) is 0.758. The van der Waals surface area contributed by atoms with E-state index in [4.69, 9.17) is 0 Å². The second kappa shape index (κ2) is 5.80. The number of hydrogen-bond donors (Lipinski definition) is 0. The Morgan fingerprint density at radius 1 is 0.810 bits per heavy atom. The molecule has 3 aromatic rings. The van der Waals surface area contributed by atoms with Gasteiger partial charge < -0.3 is 5.21 Å². The van der Waals surface area contributed by atoms with E-state index in [9.17, 15) is 5.21 Å². The molecular formula is C19H17NO. The van der Waals surface area contributed by atoms with Crippen molar-refractivity contribution in [3.63, 3.8) is 0 Å². The van der Waals surface area contributed by atoms with E-state index in [1.807, 2.05) is 61.5 Å². The third-order valence-electron chi connectivity index (χ3n) is 3.64. The Bertz CT molecular complexity index is 736. The summed E-state index contributed by atoms with van der Waals surface area (Å²) in [6.45, 7) is 1.84. The van der Waals surface area contributed by atoms with Gasteiger partial charge in [0.25, 0.3) is 0 Å². The smallest absolute Gasteiger partial charge is 0.227 e. The molecule has 0 unspecified atom stereocenters. The normalized spacial score (nSPS) is 10.5. The van der Waals surface area contributed by atoms with Crippen molar-refractivity contribution in [2.45, 2.75) is 13.3 Å². The molecule has 2 nitrogen and oxygen atoms in total. The summed E-state index contributed by atoms with van der Waals surface area (Å²) < 4.78 is 1.04. The highest BCUT2D eigenvalue weighted by atomic mass is 16.5. The predicted molar refractivity (Wildman–Crippen MR) is 84.8 cm³/mol. The van der Waals surface area contributed by atoms with E-state index in [0.717, 1.165) is 28.0 Å². The van der Waals surface area contributed by atoms with E-state index in [-0.39, 0.29) is 0 Å². The summed E-state index contributed by atoms with van der Waals surface area (Å²) in [6, 6.07) is 24.0. The quantitative estimate of drug-likeness (QED) is 0.526. The van der Waals surface area contributed by atoms with Crippen LogP contribution in [0.4, 0.5) is 0 Å². The highest BCUT2D eigenvalue weighted by Crippen LogP contribution is 2.22.